The van der Waals surface area contributed by atoms with Crippen molar-refractivity contribution in [2.45, 2.75) is 38.6 Å². The molecule has 122 valence electrons. The van der Waals surface area contributed by atoms with Crippen molar-refractivity contribution in [3.8, 4) is 10.7 Å². The van der Waals surface area contributed by atoms with Crippen LogP contribution in [-0.4, -0.2) is 27.2 Å². The molecule has 4 rings (SSSR count). The first kappa shape index (κ1) is 15.1. The third kappa shape index (κ3) is 2.76. The van der Waals surface area contributed by atoms with Crippen LogP contribution in [0.1, 0.15) is 38.6 Å². The Morgan fingerprint density at radius 2 is 2.39 bits per heavy atom. The Morgan fingerprint density at radius 1 is 1.61 bits per heavy atom. The molecule has 0 saturated heterocycles. The van der Waals surface area contributed by atoms with Gasteiger partial charge in [0.1, 0.15) is 6.04 Å². The second kappa shape index (κ2) is 5.56. The second-order valence-corrected chi connectivity index (χ2v) is 8.06. The van der Waals surface area contributed by atoms with Gasteiger partial charge in [-0.1, -0.05) is 6.07 Å². The molecule has 2 fully saturated rings. The van der Waals surface area contributed by atoms with Crippen molar-refractivity contribution < 1.29 is 4.79 Å². The lowest BCUT2D eigenvalue weighted by molar-refractivity contribution is -0.124. The average molecular weight is 348 g/mol. The summed E-state index contributed by atoms with van der Waals surface area (Å²) in [6.07, 6.45) is 5.19. The fourth-order valence-electron chi connectivity index (χ4n) is 3.36. The molecule has 0 aromatic carbocycles. The number of hydrogen-bond acceptors (Lipinski definition) is 4. The summed E-state index contributed by atoms with van der Waals surface area (Å²) in [6, 6.07) is 3.59. The maximum atomic E-state index is 12.6. The summed E-state index contributed by atoms with van der Waals surface area (Å²) in [5.41, 5.74) is 0.407. The van der Waals surface area contributed by atoms with Crippen LogP contribution in [0.15, 0.2) is 17.5 Å². The van der Waals surface area contributed by atoms with Crippen LogP contribution in [0, 0.1) is 16.1 Å². The van der Waals surface area contributed by atoms with Crippen LogP contribution in [0.2, 0.25) is 0 Å². The van der Waals surface area contributed by atoms with Gasteiger partial charge >= 0.3 is 0 Å². The molecular formula is C16H20N4OS2. The molecule has 2 aliphatic carbocycles. The molecule has 2 N–H and O–H groups in total. The van der Waals surface area contributed by atoms with E-state index in [1.54, 1.807) is 11.3 Å². The van der Waals surface area contributed by atoms with Gasteiger partial charge in [0.2, 0.25) is 5.91 Å². The topological polar surface area (TPSA) is 62.7 Å². The molecule has 2 saturated carbocycles. The fourth-order valence-corrected chi connectivity index (χ4v) is 4.36. The quantitative estimate of drug-likeness (QED) is 0.785. The highest BCUT2D eigenvalue weighted by atomic mass is 32.1. The lowest BCUT2D eigenvalue weighted by Crippen LogP contribution is -2.36. The Labute approximate surface area is 144 Å². The number of thiophene rings is 1. The SMILES string of the molecule is C[C@@H](C(=O)NCC1(C2CC2)CC1)n1c(-c2cccs2)n[nH]c1=S. The van der Waals surface area contributed by atoms with E-state index in [1.165, 1.54) is 25.7 Å². The van der Waals surface area contributed by atoms with Crippen molar-refractivity contribution in [1.82, 2.24) is 20.1 Å². The molecule has 0 spiro atoms. The van der Waals surface area contributed by atoms with Crippen LogP contribution in [0.5, 0.6) is 0 Å². The number of amides is 1. The molecule has 23 heavy (non-hydrogen) atoms. The first-order valence-corrected chi connectivity index (χ1v) is 9.38. The van der Waals surface area contributed by atoms with E-state index in [9.17, 15) is 4.79 Å². The van der Waals surface area contributed by atoms with Gasteiger partial charge in [0, 0.05) is 6.54 Å². The minimum atomic E-state index is -0.367. The molecule has 0 radical (unpaired) electrons. The third-order valence-corrected chi connectivity index (χ3v) is 6.32. The Kier molecular flexibility index (Phi) is 3.65. The predicted octanol–water partition coefficient (Wildman–Crippen LogP) is 3.54. The monoisotopic (exact) mass is 348 g/mol. The van der Waals surface area contributed by atoms with Gasteiger partial charge in [-0.3, -0.25) is 14.5 Å². The van der Waals surface area contributed by atoms with E-state index in [4.69, 9.17) is 12.2 Å². The summed E-state index contributed by atoms with van der Waals surface area (Å²) in [6.45, 7) is 2.69. The van der Waals surface area contributed by atoms with Crippen LogP contribution >= 0.6 is 23.6 Å². The number of aromatic nitrogens is 3. The second-order valence-electron chi connectivity index (χ2n) is 6.73. The number of hydrogen-bond donors (Lipinski definition) is 2. The zero-order chi connectivity index (χ0) is 16.0. The number of rotatable bonds is 6. The predicted molar refractivity (Wildman–Crippen MR) is 92.8 cm³/mol. The zero-order valence-corrected chi connectivity index (χ0v) is 14.7. The minimum Gasteiger partial charge on any atom is -0.354 e. The largest absolute Gasteiger partial charge is 0.354 e. The lowest BCUT2D eigenvalue weighted by Gasteiger charge is -2.19. The molecule has 0 unspecified atom stereocenters. The van der Waals surface area contributed by atoms with E-state index in [-0.39, 0.29) is 11.9 Å². The molecule has 0 aliphatic heterocycles. The maximum Gasteiger partial charge on any atom is 0.242 e. The van der Waals surface area contributed by atoms with E-state index >= 15 is 0 Å². The summed E-state index contributed by atoms with van der Waals surface area (Å²) >= 11 is 6.92. The van der Waals surface area contributed by atoms with Crippen molar-refractivity contribution in [2.24, 2.45) is 11.3 Å². The van der Waals surface area contributed by atoms with Crippen molar-refractivity contribution >= 4 is 29.5 Å². The zero-order valence-electron chi connectivity index (χ0n) is 13.0. The van der Waals surface area contributed by atoms with Crippen LogP contribution < -0.4 is 5.32 Å². The molecule has 5 nitrogen and oxygen atoms in total. The average Bonchev–Trinajstić information content (AvgIpc) is 3.44. The molecule has 2 aliphatic rings. The van der Waals surface area contributed by atoms with Gasteiger partial charge in [0.25, 0.3) is 0 Å². The Hall–Kier alpha value is -1.47. The van der Waals surface area contributed by atoms with Crippen LogP contribution in [-0.2, 0) is 4.79 Å². The van der Waals surface area contributed by atoms with Crippen molar-refractivity contribution in [1.29, 1.82) is 0 Å². The first-order chi connectivity index (χ1) is 11.1. The van der Waals surface area contributed by atoms with E-state index < -0.39 is 0 Å². The van der Waals surface area contributed by atoms with Crippen LogP contribution in [0.25, 0.3) is 10.7 Å². The molecule has 0 bridgehead atoms. The van der Waals surface area contributed by atoms with Crippen LogP contribution in [0.4, 0.5) is 0 Å². The summed E-state index contributed by atoms with van der Waals surface area (Å²) in [4.78, 5) is 13.6. The highest BCUT2D eigenvalue weighted by Gasteiger charge is 2.53. The molecular weight excluding hydrogens is 328 g/mol. The van der Waals surface area contributed by atoms with Crippen molar-refractivity contribution in [3.63, 3.8) is 0 Å². The smallest absolute Gasteiger partial charge is 0.242 e. The summed E-state index contributed by atoms with van der Waals surface area (Å²) < 4.78 is 2.30. The molecule has 2 heterocycles. The normalized spacial score (nSPS) is 20.2. The fraction of sp³-hybridized carbons (Fsp3) is 0.562. The first-order valence-electron chi connectivity index (χ1n) is 8.09. The third-order valence-electron chi connectivity index (χ3n) is 5.16. The number of carbonyl (C=O) groups excluding carboxylic acids is 1. The van der Waals surface area contributed by atoms with Gasteiger partial charge in [-0.15, -0.1) is 11.3 Å². The Balaban J connectivity index is 1.50. The number of carbonyl (C=O) groups is 1. The maximum absolute atomic E-state index is 12.6. The van der Waals surface area contributed by atoms with Crippen LogP contribution in [0.3, 0.4) is 0 Å². The molecule has 2 aromatic rings. The molecule has 1 amide bonds. The van der Waals surface area contributed by atoms with Gasteiger partial charge in [-0.05, 0) is 67.6 Å². The van der Waals surface area contributed by atoms with E-state index in [0.29, 0.717) is 10.2 Å². The summed E-state index contributed by atoms with van der Waals surface area (Å²) in [5.74, 6) is 1.60. The number of aromatic amines is 1. The molecule has 1 atom stereocenters. The standard InChI is InChI=1S/C16H20N4OS2/c1-10(14(21)17-9-16(6-7-16)11-4-5-11)20-13(18-19-15(20)22)12-3-2-8-23-12/h2-3,8,10-11H,4-7,9H2,1H3,(H,17,21)(H,19,22)/t10-/m0/s1. The highest BCUT2D eigenvalue weighted by molar-refractivity contribution is 7.71. The summed E-state index contributed by atoms with van der Waals surface area (Å²) in [7, 11) is 0. The van der Waals surface area contributed by atoms with Gasteiger partial charge in [-0.2, -0.15) is 5.10 Å². The van der Waals surface area contributed by atoms with E-state index in [1.807, 2.05) is 29.0 Å². The van der Waals surface area contributed by atoms with Gasteiger partial charge < -0.3 is 5.32 Å². The van der Waals surface area contributed by atoms with E-state index in [2.05, 4.69) is 15.5 Å². The lowest BCUT2D eigenvalue weighted by atomic mass is 10.0. The Morgan fingerprint density at radius 3 is 3.00 bits per heavy atom. The highest BCUT2D eigenvalue weighted by Crippen LogP contribution is 2.60. The van der Waals surface area contributed by atoms with E-state index in [0.717, 1.165) is 23.2 Å². The number of H-pyrrole nitrogens is 1. The van der Waals surface area contributed by atoms with Crippen molar-refractivity contribution in [3.05, 3.63) is 22.3 Å². The Bertz CT molecular complexity index is 768. The summed E-state index contributed by atoms with van der Waals surface area (Å²) in [5, 5.41) is 12.3. The number of nitrogens with one attached hydrogen (secondary N) is 2. The molecule has 7 heteroatoms. The van der Waals surface area contributed by atoms with Gasteiger partial charge in [0.05, 0.1) is 4.88 Å². The minimum absolute atomic E-state index is 0.0206. The van der Waals surface area contributed by atoms with Gasteiger partial charge in [0.15, 0.2) is 10.6 Å². The molecule has 2 aromatic heterocycles. The van der Waals surface area contributed by atoms with Crippen molar-refractivity contribution in [2.75, 3.05) is 6.54 Å². The van der Waals surface area contributed by atoms with Gasteiger partial charge in [-0.25, -0.2) is 0 Å². The number of nitrogens with zero attached hydrogens (tertiary/aromatic N) is 2.